The molecule has 210 valence electrons. The molecule has 1 aliphatic rings. The molecule has 1 fully saturated rings. The van der Waals surface area contributed by atoms with Gasteiger partial charge in [0, 0.05) is 42.6 Å². The van der Waals surface area contributed by atoms with Gasteiger partial charge in [-0.1, -0.05) is 40.0 Å². The van der Waals surface area contributed by atoms with E-state index in [4.69, 9.17) is 34.8 Å². The van der Waals surface area contributed by atoms with Gasteiger partial charge < -0.3 is 14.6 Å². The Morgan fingerprint density at radius 3 is 2.56 bits per heavy atom. The number of amides is 2. The van der Waals surface area contributed by atoms with Gasteiger partial charge in [-0.2, -0.15) is 5.10 Å². The molecule has 1 aliphatic heterocycles. The maximum Gasteiger partial charge on any atom is 0.274 e. The molecular weight excluding hydrogens is 589 g/mol. The Morgan fingerprint density at radius 1 is 0.951 bits per heavy atom. The second-order valence-corrected chi connectivity index (χ2v) is 11.1. The molecule has 2 amide bonds. The van der Waals surface area contributed by atoms with Gasteiger partial charge in [0.05, 0.1) is 40.7 Å². The Balaban J connectivity index is 0.984. The molecule has 0 saturated carbocycles. The van der Waals surface area contributed by atoms with Crippen molar-refractivity contribution in [2.24, 2.45) is 5.92 Å². The van der Waals surface area contributed by atoms with Crippen molar-refractivity contribution in [3.8, 4) is 5.69 Å². The molecule has 0 bridgehead atoms. The molecular formula is C27H24Cl3N9O2. The number of nitrogens with zero attached hydrogens (tertiary/aromatic N) is 8. The zero-order valence-electron chi connectivity index (χ0n) is 21.6. The first-order valence-corrected chi connectivity index (χ1v) is 14.1. The van der Waals surface area contributed by atoms with Crippen molar-refractivity contribution >= 4 is 52.3 Å². The lowest BCUT2D eigenvalue weighted by molar-refractivity contribution is -0.126. The van der Waals surface area contributed by atoms with Gasteiger partial charge in [-0.3, -0.25) is 9.59 Å². The molecule has 1 N–H and O–H groups in total. The summed E-state index contributed by atoms with van der Waals surface area (Å²) in [6, 6.07) is 10.4. The molecule has 14 heteroatoms. The minimum absolute atomic E-state index is 0.0643. The molecule has 0 atom stereocenters. The van der Waals surface area contributed by atoms with Crippen LogP contribution in [-0.2, 0) is 17.9 Å². The van der Waals surface area contributed by atoms with Crippen molar-refractivity contribution in [1.82, 2.24) is 44.4 Å². The van der Waals surface area contributed by atoms with Gasteiger partial charge in [-0.15, -0.1) is 5.10 Å². The average Bonchev–Trinajstić information content (AvgIpc) is 3.71. The fourth-order valence-electron chi connectivity index (χ4n) is 4.82. The minimum atomic E-state index is -0.190. The van der Waals surface area contributed by atoms with Crippen LogP contribution in [0.2, 0.25) is 15.1 Å². The summed E-state index contributed by atoms with van der Waals surface area (Å²) in [4.78, 5) is 32.1. The van der Waals surface area contributed by atoms with Crippen molar-refractivity contribution in [3.05, 3.63) is 93.3 Å². The lowest BCUT2D eigenvalue weighted by Crippen LogP contribution is -2.43. The maximum atomic E-state index is 13.0. The first kappa shape index (κ1) is 27.3. The Kier molecular flexibility index (Phi) is 7.65. The van der Waals surface area contributed by atoms with Gasteiger partial charge in [0.1, 0.15) is 11.3 Å². The molecule has 1 aromatic carbocycles. The molecule has 1 saturated heterocycles. The van der Waals surface area contributed by atoms with E-state index in [2.05, 4.69) is 25.7 Å². The number of benzene rings is 1. The first-order valence-electron chi connectivity index (χ1n) is 12.9. The molecule has 0 radical (unpaired) electrons. The SMILES string of the molecule is O=C(NCc1cn(Cc2cn3cc(Cl)ccc3n2)nn1)C1CCN(C(=O)c2ccn(-c3ccc(Cl)cc3Cl)n2)CC1. The number of pyridine rings is 1. The van der Waals surface area contributed by atoms with Crippen LogP contribution < -0.4 is 5.32 Å². The smallest absolute Gasteiger partial charge is 0.274 e. The summed E-state index contributed by atoms with van der Waals surface area (Å²) in [5, 5.41) is 17.3. The minimum Gasteiger partial charge on any atom is -0.350 e. The number of hydrogen-bond acceptors (Lipinski definition) is 6. The summed E-state index contributed by atoms with van der Waals surface area (Å²) in [5.41, 5.74) is 3.20. The summed E-state index contributed by atoms with van der Waals surface area (Å²) in [6.45, 7) is 1.64. The molecule has 11 nitrogen and oxygen atoms in total. The molecule has 5 aromatic rings. The zero-order valence-corrected chi connectivity index (χ0v) is 23.9. The predicted molar refractivity (Wildman–Crippen MR) is 153 cm³/mol. The summed E-state index contributed by atoms with van der Waals surface area (Å²) in [5.74, 6) is -0.437. The number of hydrogen-bond donors (Lipinski definition) is 1. The van der Waals surface area contributed by atoms with E-state index >= 15 is 0 Å². The average molecular weight is 613 g/mol. The number of piperidine rings is 1. The molecule has 5 heterocycles. The van der Waals surface area contributed by atoms with Crippen LogP contribution in [-0.4, -0.2) is 64.0 Å². The van der Waals surface area contributed by atoms with E-state index in [1.54, 1.807) is 63.2 Å². The predicted octanol–water partition coefficient (Wildman–Crippen LogP) is 4.29. The number of carbonyl (C=O) groups excluding carboxylic acids is 2. The van der Waals surface area contributed by atoms with Crippen LogP contribution in [0.25, 0.3) is 11.3 Å². The Morgan fingerprint density at radius 2 is 1.76 bits per heavy atom. The Hall–Kier alpha value is -3.93. The van der Waals surface area contributed by atoms with Crippen LogP contribution in [0.3, 0.4) is 0 Å². The Labute approximate surface area is 249 Å². The highest BCUT2D eigenvalue weighted by atomic mass is 35.5. The largest absolute Gasteiger partial charge is 0.350 e. The van der Waals surface area contributed by atoms with E-state index in [0.717, 1.165) is 11.3 Å². The quantitative estimate of drug-likeness (QED) is 0.293. The van der Waals surface area contributed by atoms with Crippen LogP contribution in [0.4, 0.5) is 0 Å². The van der Waals surface area contributed by atoms with Gasteiger partial charge in [-0.05, 0) is 49.2 Å². The lowest BCUT2D eigenvalue weighted by atomic mass is 9.95. The topological polar surface area (TPSA) is 115 Å². The molecule has 41 heavy (non-hydrogen) atoms. The number of carbonyl (C=O) groups is 2. The second-order valence-electron chi connectivity index (χ2n) is 9.78. The number of likely N-dealkylation sites (tertiary alicyclic amines) is 1. The first-order chi connectivity index (χ1) is 19.8. The standard InChI is InChI=1S/C27H24Cl3N9O2/c28-18-1-3-24(22(30)11-18)39-10-7-23(34-39)27(41)36-8-5-17(6-9-36)26(40)31-12-20-15-38(35-33-20)16-21-14-37-13-19(29)2-4-25(37)32-21/h1-4,7,10-11,13-15,17H,5-6,8-9,12,16H2,(H,31,40). The van der Waals surface area contributed by atoms with E-state index in [9.17, 15) is 9.59 Å². The van der Waals surface area contributed by atoms with Gasteiger partial charge >= 0.3 is 0 Å². The van der Waals surface area contributed by atoms with Crippen molar-refractivity contribution in [2.75, 3.05) is 13.1 Å². The highest BCUT2D eigenvalue weighted by Crippen LogP contribution is 2.25. The van der Waals surface area contributed by atoms with Crippen LogP contribution in [0, 0.1) is 5.92 Å². The second kappa shape index (κ2) is 11.5. The van der Waals surface area contributed by atoms with Crippen LogP contribution in [0.5, 0.6) is 0 Å². The van der Waals surface area contributed by atoms with E-state index in [-0.39, 0.29) is 24.3 Å². The highest BCUT2D eigenvalue weighted by Gasteiger charge is 2.29. The van der Waals surface area contributed by atoms with Crippen LogP contribution >= 0.6 is 34.8 Å². The van der Waals surface area contributed by atoms with E-state index in [0.29, 0.717) is 64.6 Å². The monoisotopic (exact) mass is 611 g/mol. The van der Waals surface area contributed by atoms with Gasteiger partial charge in [-0.25, -0.2) is 14.3 Å². The maximum absolute atomic E-state index is 13.0. The summed E-state index contributed by atoms with van der Waals surface area (Å²) >= 11 is 18.3. The number of halogens is 3. The van der Waals surface area contributed by atoms with Crippen LogP contribution in [0.1, 0.15) is 34.7 Å². The highest BCUT2D eigenvalue weighted by molar-refractivity contribution is 6.35. The third kappa shape index (κ3) is 6.07. The summed E-state index contributed by atoms with van der Waals surface area (Å²) in [7, 11) is 0. The van der Waals surface area contributed by atoms with Crippen molar-refractivity contribution < 1.29 is 9.59 Å². The van der Waals surface area contributed by atoms with E-state index in [1.165, 1.54) is 0 Å². The fourth-order valence-corrected chi connectivity index (χ4v) is 5.49. The van der Waals surface area contributed by atoms with Gasteiger partial charge in [0.15, 0.2) is 5.69 Å². The van der Waals surface area contributed by atoms with Crippen LogP contribution in [0.15, 0.2) is 61.2 Å². The lowest BCUT2D eigenvalue weighted by Gasteiger charge is -2.30. The molecule has 0 aliphatic carbocycles. The summed E-state index contributed by atoms with van der Waals surface area (Å²) < 4.78 is 5.09. The zero-order chi connectivity index (χ0) is 28.5. The number of nitrogens with one attached hydrogen (secondary N) is 1. The fraction of sp³-hybridized carbons (Fsp3) is 0.259. The van der Waals surface area contributed by atoms with E-state index < -0.39 is 0 Å². The van der Waals surface area contributed by atoms with E-state index in [1.807, 2.05) is 16.7 Å². The van der Waals surface area contributed by atoms with Crippen molar-refractivity contribution in [2.45, 2.75) is 25.9 Å². The number of rotatable bonds is 7. The molecule has 4 aromatic heterocycles. The van der Waals surface area contributed by atoms with Crippen molar-refractivity contribution in [3.63, 3.8) is 0 Å². The number of fused-ring (bicyclic) bond motifs is 1. The van der Waals surface area contributed by atoms with Gasteiger partial charge in [0.2, 0.25) is 5.91 Å². The molecule has 0 spiro atoms. The van der Waals surface area contributed by atoms with Gasteiger partial charge in [0.25, 0.3) is 5.91 Å². The Bertz CT molecular complexity index is 1740. The molecule has 0 unspecified atom stereocenters. The third-order valence-electron chi connectivity index (χ3n) is 6.94. The van der Waals surface area contributed by atoms with Crippen molar-refractivity contribution in [1.29, 1.82) is 0 Å². The third-order valence-corrected chi connectivity index (χ3v) is 7.70. The molecule has 6 rings (SSSR count). The summed E-state index contributed by atoms with van der Waals surface area (Å²) in [6.07, 6.45) is 8.28. The number of aromatic nitrogens is 7. The normalized spacial score (nSPS) is 14.1. The number of imidazole rings is 1.